The molecule has 0 bridgehead atoms. The van der Waals surface area contributed by atoms with Gasteiger partial charge in [-0.05, 0) is 20.8 Å². The molecule has 0 unspecified atom stereocenters. The molecule has 0 aliphatic carbocycles. The molecule has 1 aliphatic rings. The van der Waals surface area contributed by atoms with Crippen molar-refractivity contribution in [3.8, 4) is 0 Å². The Morgan fingerprint density at radius 1 is 1.44 bits per heavy atom. The minimum absolute atomic E-state index is 0.208. The van der Waals surface area contributed by atoms with Gasteiger partial charge in [-0.3, -0.25) is 0 Å². The van der Waals surface area contributed by atoms with Crippen LogP contribution in [0.5, 0.6) is 0 Å². The maximum absolute atomic E-state index is 4.08. The van der Waals surface area contributed by atoms with Crippen LogP contribution < -0.4 is 0 Å². The van der Waals surface area contributed by atoms with Crippen LogP contribution in [-0.2, 0) is 0 Å². The van der Waals surface area contributed by atoms with Gasteiger partial charge in [0.15, 0.2) is 6.54 Å². The molecule has 50 valence electrons. The Morgan fingerprint density at radius 3 is 2.33 bits per heavy atom. The van der Waals surface area contributed by atoms with Gasteiger partial charge >= 0.3 is 0 Å². The molecule has 0 aromatic carbocycles. The summed E-state index contributed by atoms with van der Waals surface area (Å²) in [6, 6.07) is 0. The molecule has 0 saturated carbocycles. The molecule has 0 N–H and O–H groups in total. The second-order valence-corrected chi connectivity index (χ2v) is 3.24. The average molecular weight is 125 g/mol. The number of hydrogen-bond acceptors (Lipinski definition) is 1. The first-order valence-corrected chi connectivity index (χ1v) is 3.22. The van der Waals surface area contributed by atoms with Crippen LogP contribution in [0.3, 0.4) is 0 Å². The Morgan fingerprint density at radius 2 is 2.11 bits per heavy atom. The Kier molecular flexibility index (Phi) is 1.39. The van der Waals surface area contributed by atoms with E-state index in [1.54, 1.807) is 0 Å². The monoisotopic (exact) mass is 125 g/mol. The van der Waals surface area contributed by atoms with Crippen LogP contribution in [0, 0.1) is 0 Å². The first kappa shape index (κ1) is 6.46. The first-order chi connectivity index (χ1) is 4.11. The van der Waals surface area contributed by atoms with Crippen LogP contribution in [0.4, 0.5) is 0 Å². The lowest BCUT2D eigenvalue weighted by Crippen LogP contribution is -2.30. The standard InChI is InChI=1S/C7H13N2/c1-7(2,3)9-5-4-8-6-9/h5-6H,4H2,1-3H3/q+1. The molecular formula is C7H13N2+. The van der Waals surface area contributed by atoms with Crippen molar-refractivity contribution in [2.45, 2.75) is 26.3 Å². The van der Waals surface area contributed by atoms with Gasteiger partial charge in [0.25, 0.3) is 6.34 Å². The van der Waals surface area contributed by atoms with Gasteiger partial charge in [-0.15, -0.1) is 0 Å². The van der Waals surface area contributed by atoms with Crippen LogP contribution in [0.2, 0.25) is 0 Å². The molecule has 2 heteroatoms. The summed E-state index contributed by atoms with van der Waals surface area (Å²) in [5.41, 5.74) is 0.208. The summed E-state index contributed by atoms with van der Waals surface area (Å²) in [5.74, 6) is 0. The van der Waals surface area contributed by atoms with Crippen LogP contribution in [-0.4, -0.2) is 29.2 Å². The Balaban J connectivity index is 2.73. The zero-order valence-corrected chi connectivity index (χ0v) is 6.26. The predicted molar refractivity (Wildman–Crippen MR) is 39.4 cm³/mol. The molecular weight excluding hydrogens is 112 g/mol. The minimum atomic E-state index is 0.208. The fourth-order valence-corrected chi connectivity index (χ4v) is 0.764. The summed E-state index contributed by atoms with van der Waals surface area (Å²) >= 11 is 0. The highest BCUT2D eigenvalue weighted by molar-refractivity contribution is 5.67. The molecule has 0 saturated heterocycles. The molecule has 1 aliphatic heterocycles. The molecule has 9 heavy (non-hydrogen) atoms. The quantitative estimate of drug-likeness (QED) is 0.428. The molecule has 0 amide bonds. The molecule has 0 fully saturated rings. The average Bonchev–Trinajstić information content (AvgIpc) is 2.08. The second-order valence-electron chi connectivity index (χ2n) is 3.24. The summed E-state index contributed by atoms with van der Waals surface area (Å²) in [6.45, 7) is 7.35. The number of rotatable bonds is 0. The van der Waals surface area contributed by atoms with E-state index < -0.39 is 0 Å². The fraction of sp³-hybridized carbons (Fsp3) is 0.714. The third kappa shape index (κ3) is 1.37. The van der Waals surface area contributed by atoms with E-state index in [2.05, 4.69) is 36.6 Å². The smallest absolute Gasteiger partial charge is 0.233 e. The van der Waals surface area contributed by atoms with Gasteiger partial charge in [0.1, 0.15) is 11.8 Å². The topological polar surface area (TPSA) is 15.4 Å². The van der Waals surface area contributed by atoms with Gasteiger partial charge in [-0.1, -0.05) is 4.99 Å². The summed E-state index contributed by atoms with van der Waals surface area (Å²) in [4.78, 5) is 4.08. The van der Waals surface area contributed by atoms with Crippen LogP contribution in [0.1, 0.15) is 20.8 Å². The summed E-state index contributed by atoms with van der Waals surface area (Å²) in [5, 5.41) is 0. The van der Waals surface area contributed by atoms with Gasteiger partial charge in [0.05, 0.1) is 0 Å². The molecule has 0 atom stereocenters. The van der Waals surface area contributed by atoms with E-state index in [1.807, 2.05) is 6.34 Å². The maximum Gasteiger partial charge on any atom is 0.280 e. The summed E-state index contributed by atoms with van der Waals surface area (Å²) in [7, 11) is 0. The highest BCUT2D eigenvalue weighted by Crippen LogP contribution is 2.05. The van der Waals surface area contributed by atoms with E-state index in [0.29, 0.717) is 0 Å². The number of aliphatic imine (C=N–C) groups is 1. The summed E-state index contributed by atoms with van der Waals surface area (Å²) < 4.78 is 2.13. The number of nitrogens with zero attached hydrogens (tertiary/aromatic N) is 2. The van der Waals surface area contributed by atoms with Gasteiger partial charge in [0, 0.05) is 0 Å². The third-order valence-electron chi connectivity index (χ3n) is 1.36. The SMILES string of the molecule is CC(C)(C)[N+]1=CCN=C1. The first-order valence-electron chi connectivity index (χ1n) is 3.22. The van der Waals surface area contributed by atoms with Crippen molar-refractivity contribution in [3.05, 3.63) is 0 Å². The highest BCUT2D eigenvalue weighted by Gasteiger charge is 2.20. The van der Waals surface area contributed by atoms with E-state index >= 15 is 0 Å². The van der Waals surface area contributed by atoms with Crippen LogP contribution in [0.15, 0.2) is 4.99 Å². The van der Waals surface area contributed by atoms with E-state index in [4.69, 9.17) is 0 Å². The van der Waals surface area contributed by atoms with Crippen molar-refractivity contribution in [2.75, 3.05) is 6.54 Å². The lowest BCUT2D eigenvalue weighted by atomic mass is 10.1. The Hall–Kier alpha value is -0.660. The third-order valence-corrected chi connectivity index (χ3v) is 1.36. The lowest BCUT2D eigenvalue weighted by molar-refractivity contribution is -0.475. The Labute approximate surface area is 55.9 Å². The molecule has 1 rings (SSSR count). The highest BCUT2D eigenvalue weighted by atomic mass is 15.1. The van der Waals surface area contributed by atoms with Crippen molar-refractivity contribution in [3.63, 3.8) is 0 Å². The maximum atomic E-state index is 4.08. The lowest BCUT2D eigenvalue weighted by Gasteiger charge is -2.14. The molecule has 1 heterocycles. The van der Waals surface area contributed by atoms with Gasteiger partial charge < -0.3 is 0 Å². The van der Waals surface area contributed by atoms with E-state index in [-0.39, 0.29) is 5.54 Å². The largest absolute Gasteiger partial charge is 0.280 e. The van der Waals surface area contributed by atoms with Crippen LogP contribution >= 0.6 is 0 Å². The van der Waals surface area contributed by atoms with E-state index in [9.17, 15) is 0 Å². The molecule has 0 aromatic rings. The number of hydrogen-bond donors (Lipinski definition) is 0. The molecule has 0 radical (unpaired) electrons. The van der Waals surface area contributed by atoms with Gasteiger partial charge in [0.2, 0.25) is 0 Å². The van der Waals surface area contributed by atoms with Crippen molar-refractivity contribution in [1.29, 1.82) is 0 Å². The second kappa shape index (κ2) is 1.94. The van der Waals surface area contributed by atoms with Crippen LogP contribution in [0.25, 0.3) is 0 Å². The summed E-state index contributed by atoms with van der Waals surface area (Å²) in [6.07, 6.45) is 3.99. The molecule has 2 nitrogen and oxygen atoms in total. The predicted octanol–water partition coefficient (Wildman–Crippen LogP) is 0.910. The van der Waals surface area contributed by atoms with Gasteiger partial charge in [-0.25, -0.2) is 4.58 Å². The zero-order valence-electron chi connectivity index (χ0n) is 6.26. The van der Waals surface area contributed by atoms with Crippen molar-refractivity contribution in [2.24, 2.45) is 4.99 Å². The van der Waals surface area contributed by atoms with E-state index in [0.717, 1.165) is 6.54 Å². The molecule has 0 aromatic heterocycles. The van der Waals surface area contributed by atoms with Gasteiger partial charge in [-0.2, -0.15) is 0 Å². The fourth-order valence-electron chi connectivity index (χ4n) is 0.764. The van der Waals surface area contributed by atoms with Crippen molar-refractivity contribution < 1.29 is 4.58 Å². The van der Waals surface area contributed by atoms with Crippen molar-refractivity contribution in [1.82, 2.24) is 0 Å². The minimum Gasteiger partial charge on any atom is -0.233 e. The van der Waals surface area contributed by atoms with E-state index in [1.165, 1.54) is 0 Å². The zero-order chi connectivity index (χ0) is 6.91. The normalized spacial score (nSPS) is 18.3. The molecule has 0 spiro atoms. The van der Waals surface area contributed by atoms with Crippen molar-refractivity contribution >= 4 is 12.6 Å². The Bertz CT molecular complexity index is 160.